The molecule has 12 heteroatoms. The first-order valence-electron chi connectivity index (χ1n) is 20.6. The van der Waals surface area contributed by atoms with Crippen LogP contribution in [-0.4, -0.2) is 135 Å². The van der Waals surface area contributed by atoms with Gasteiger partial charge in [0, 0.05) is 25.2 Å². The molecule has 10 nitrogen and oxygen atoms in total. The highest BCUT2D eigenvalue weighted by molar-refractivity contribution is 5.70. The van der Waals surface area contributed by atoms with Crippen molar-refractivity contribution < 1.29 is 81.0 Å². The topological polar surface area (TPSA) is 97.4 Å². The molecular formula is C41H84Br2N2O8. The molecule has 0 radical (unpaired) electrons. The molecule has 1 atom stereocenters. The van der Waals surface area contributed by atoms with Crippen LogP contribution in [0, 0.1) is 5.41 Å². The summed E-state index contributed by atoms with van der Waals surface area (Å²) in [6, 6.07) is 0. The summed E-state index contributed by atoms with van der Waals surface area (Å²) in [6.45, 7) is 18.1. The number of carbonyl (C=O) groups excluding carboxylic acids is 3. The predicted molar refractivity (Wildman–Crippen MR) is 207 cm³/mol. The van der Waals surface area contributed by atoms with Gasteiger partial charge in [-0.25, -0.2) is 4.79 Å². The second kappa shape index (κ2) is 41.2. The van der Waals surface area contributed by atoms with Crippen LogP contribution in [0.15, 0.2) is 0 Å². The Morgan fingerprint density at radius 2 is 0.906 bits per heavy atom. The van der Waals surface area contributed by atoms with Crippen LogP contribution in [0.2, 0.25) is 0 Å². The molecule has 0 amide bonds. The van der Waals surface area contributed by atoms with E-state index in [0.717, 1.165) is 76.2 Å². The summed E-state index contributed by atoms with van der Waals surface area (Å²) in [4.78, 5) is 28.4. The van der Waals surface area contributed by atoms with Gasteiger partial charge in [-0.3, -0.25) is 0 Å². The zero-order chi connectivity index (χ0) is 38.5. The Labute approximate surface area is 347 Å². The van der Waals surface area contributed by atoms with Crippen molar-refractivity contribution in [3.63, 3.8) is 0 Å². The molecule has 0 aromatic carbocycles. The van der Waals surface area contributed by atoms with Crippen molar-refractivity contribution in [2.24, 2.45) is 5.41 Å². The molecule has 0 fully saturated rings. The maximum absolute atomic E-state index is 12.1. The molecule has 53 heavy (non-hydrogen) atoms. The summed E-state index contributed by atoms with van der Waals surface area (Å²) in [5.74, 6) is -0.157. The van der Waals surface area contributed by atoms with Gasteiger partial charge in [-0.2, -0.15) is 9.59 Å². The highest BCUT2D eigenvalue weighted by atomic mass is 79.9. The number of hydrogen-bond donors (Lipinski definition) is 0. The van der Waals surface area contributed by atoms with Gasteiger partial charge in [-0.1, -0.05) is 97.8 Å². The summed E-state index contributed by atoms with van der Waals surface area (Å²) in [5.41, 5.74) is -0.184. The van der Waals surface area contributed by atoms with E-state index in [-0.39, 0.29) is 51.5 Å². The van der Waals surface area contributed by atoms with Gasteiger partial charge in [0.05, 0.1) is 74.4 Å². The number of halogens is 2. The Morgan fingerprint density at radius 1 is 0.509 bits per heavy atom. The van der Waals surface area contributed by atoms with Crippen molar-refractivity contribution in [3.05, 3.63) is 0 Å². The van der Waals surface area contributed by atoms with Gasteiger partial charge in [0.2, 0.25) is 0 Å². The van der Waals surface area contributed by atoms with Gasteiger partial charge >= 0.3 is 12.1 Å². The maximum Gasteiger partial charge on any atom is 0.373 e. The number of hydrogen-bond acceptors (Lipinski definition) is 8. The monoisotopic (exact) mass is 890 g/mol. The summed E-state index contributed by atoms with van der Waals surface area (Å²) in [6.07, 6.45) is 21.1. The predicted octanol–water partition coefficient (Wildman–Crippen LogP) is 1.87. The number of rotatable bonds is 37. The van der Waals surface area contributed by atoms with E-state index in [4.69, 9.17) is 33.3 Å². The van der Waals surface area contributed by atoms with Crippen LogP contribution in [0.3, 0.4) is 0 Å². The lowest BCUT2D eigenvalue weighted by molar-refractivity contribution is -0.890. The fourth-order valence-electron chi connectivity index (χ4n) is 6.14. The van der Waals surface area contributed by atoms with E-state index in [9.17, 15) is 4.79 Å². The number of unbranched alkanes of at least 4 members (excludes halogenated alkanes) is 12. The Balaban J connectivity index is -0.00000231. The van der Waals surface area contributed by atoms with Crippen LogP contribution in [0.1, 0.15) is 137 Å². The van der Waals surface area contributed by atoms with E-state index in [0.29, 0.717) is 44.1 Å². The van der Waals surface area contributed by atoms with Crippen LogP contribution < -0.4 is 34.0 Å². The van der Waals surface area contributed by atoms with Crippen LogP contribution in [0.5, 0.6) is 0 Å². The number of esters is 1. The summed E-state index contributed by atoms with van der Waals surface area (Å²) >= 11 is 0. The van der Waals surface area contributed by atoms with Gasteiger partial charge in [0.25, 0.3) is 0 Å². The SMILES string of the molecule is CCCCCCCCCCOC[C@@](CCCCCCOCCCCC)(COCC[N+](C)(C)CCC)COCC[N+](C)(C)CC(=O)OCC.O=C=O.[Br-].[Br-]. The zero-order valence-corrected chi connectivity index (χ0v) is 38.8. The molecule has 320 valence electrons. The van der Waals surface area contributed by atoms with Crippen molar-refractivity contribution in [3.8, 4) is 0 Å². The van der Waals surface area contributed by atoms with Gasteiger partial charge in [-0.15, -0.1) is 0 Å². The Bertz CT molecular complexity index is 791. The van der Waals surface area contributed by atoms with E-state index < -0.39 is 0 Å². The van der Waals surface area contributed by atoms with E-state index in [2.05, 4.69) is 49.0 Å². The number of likely N-dealkylation sites (N-methyl/N-ethyl adjacent to an activating group) is 2. The molecular weight excluding hydrogens is 808 g/mol. The van der Waals surface area contributed by atoms with E-state index >= 15 is 0 Å². The highest BCUT2D eigenvalue weighted by Gasteiger charge is 2.32. The van der Waals surface area contributed by atoms with Crippen molar-refractivity contribution >= 4 is 12.1 Å². The molecule has 0 aliphatic heterocycles. The van der Waals surface area contributed by atoms with E-state index in [1.165, 1.54) is 83.5 Å². The van der Waals surface area contributed by atoms with E-state index in [1.54, 1.807) is 0 Å². The summed E-state index contributed by atoms with van der Waals surface area (Å²) < 4.78 is 31.9. The first kappa shape index (κ1) is 59.3. The van der Waals surface area contributed by atoms with Gasteiger partial charge in [-0.05, 0) is 39.0 Å². The third kappa shape index (κ3) is 41.0. The van der Waals surface area contributed by atoms with Crippen LogP contribution >= 0.6 is 0 Å². The quantitative estimate of drug-likeness (QED) is 0.0531. The number of quaternary nitrogens is 2. The highest BCUT2D eigenvalue weighted by Crippen LogP contribution is 2.28. The van der Waals surface area contributed by atoms with Crippen molar-refractivity contribution in [2.75, 3.05) is 114 Å². The maximum atomic E-state index is 12.1. The normalized spacial score (nSPS) is 12.5. The lowest BCUT2D eigenvalue weighted by atomic mass is 9.84. The minimum Gasteiger partial charge on any atom is -1.00 e. The molecule has 0 N–H and O–H groups in total. The van der Waals surface area contributed by atoms with Crippen LogP contribution in [0.25, 0.3) is 0 Å². The number of carbonyl (C=O) groups is 1. The smallest absolute Gasteiger partial charge is 0.373 e. The molecule has 0 aliphatic carbocycles. The molecule has 0 aromatic heterocycles. The van der Waals surface area contributed by atoms with Gasteiger partial charge in [0.1, 0.15) is 13.1 Å². The van der Waals surface area contributed by atoms with Crippen molar-refractivity contribution in [1.82, 2.24) is 0 Å². The van der Waals surface area contributed by atoms with Crippen molar-refractivity contribution in [1.29, 1.82) is 0 Å². The molecule has 0 heterocycles. The molecule has 0 spiro atoms. The Kier molecular flexibility index (Phi) is 46.1. The van der Waals surface area contributed by atoms with Gasteiger partial charge < -0.3 is 66.6 Å². The zero-order valence-electron chi connectivity index (χ0n) is 35.6. The molecule has 0 saturated heterocycles. The average molecular weight is 893 g/mol. The van der Waals surface area contributed by atoms with Crippen LogP contribution in [0.4, 0.5) is 0 Å². The van der Waals surface area contributed by atoms with E-state index in [1.807, 2.05) is 6.92 Å². The number of nitrogens with zero attached hydrogens (tertiary/aromatic N) is 2. The average Bonchev–Trinajstić information content (AvgIpc) is 3.07. The Hall–Kier alpha value is -0.430. The first-order valence-corrected chi connectivity index (χ1v) is 20.6. The minimum absolute atomic E-state index is 0. The fourth-order valence-corrected chi connectivity index (χ4v) is 6.14. The fraction of sp³-hybridized carbons (Fsp3) is 0.951. The second-order valence-corrected chi connectivity index (χ2v) is 15.7. The standard InChI is InChI=1S/C40H84N2O6.CO2.2BrH/c1-9-13-15-16-17-18-20-25-32-45-36-40(37-46-33-28-41(5,6)27-11-3,26-22-19-21-24-31-44-30-23-14-10-2)38-47-34-29-42(7,8)35-39(43)48-12-4;2-1-3;;/h9-38H2,1-8H3;;2*1H/q+2;;;/p-2/t40-;;;/m0.../s1. The lowest BCUT2D eigenvalue weighted by Gasteiger charge is -2.35. The third-order valence-corrected chi connectivity index (χ3v) is 9.38. The van der Waals surface area contributed by atoms with Crippen molar-refractivity contribution in [2.45, 2.75) is 137 Å². The minimum atomic E-state index is -0.184. The molecule has 0 rings (SSSR count). The third-order valence-electron chi connectivity index (χ3n) is 9.38. The molecule has 0 aliphatic rings. The lowest BCUT2D eigenvalue weighted by Crippen LogP contribution is -3.00. The summed E-state index contributed by atoms with van der Waals surface area (Å²) in [5, 5.41) is 0. The number of ether oxygens (including phenoxy) is 5. The molecule has 0 unspecified atom stereocenters. The van der Waals surface area contributed by atoms with Crippen LogP contribution in [-0.2, 0) is 38.1 Å². The molecule has 0 saturated carbocycles. The first-order chi connectivity index (χ1) is 24.5. The Morgan fingerprint density at radius 3 is 1.40 bits per heavy atom. The van der Waals surface area contributed by atoms with Gasteiger partial charge in [0.15, 0.2) is 6.54 Å². The second-order valence-electron chi connectivity index (χ2n) is 15.7. The molecule has 0 bridgehead atoms. The summed E-state index contributed by atoms with van der Waals surface area (Å²) in [7, 11) is 8.71. The largest absolute Gasteiger partial charge is 1.00 e. The molecule has 0 aromatic rings.